The molecular formula is C15H16N2OS. The Labute approximate surface area is 117 Å². The molecule has 0 aliphatic heterocycles. The minimum Gasteiger partial charge on any atom is -0.384 e. The molecule has 0 unspecified atom stereocenters. The Morgan fingerprint density at radius 1 is 1.37 bits per heavy atom. The first-order valence-corrected chi connectivity index (χ1v) is 6.91. The summed E-state index contributed by atoms with van der Waals surface area (Å²) in [5, 5.41) is 10.8. The van der Waals surface area contributed by atoms with Gasteiger partial charge in [0, 0.05) is 35.9 Å². The quantitative estimate of drug-likeness (QED) is 0.866. The maximum atomic E-state index is 8.75. The number of thiophene rings is 1. The summed E-state index contributed by atoms with van der Waals surface area (Å²) in [5.74, 6) is 5.68. The number of pyridine rings is 1. The number of aromatic nitrogens is 1. The van der Waals surface area contributed by atoms with Gasteiger partial charge in [0.15, 0.2) is 0 Å². The molecule has 3 nitrogen and oxygen atoms in total. The number of rotatable bonds is 4. The van der Waals surface area contributed by atoms with Crippen LogP contribution in [0.15, 0.2) is 36.0 Å². The third-order valence-electron chi connectivity index (χ3n) is 2.64. The van der Waals surface area contributed by atoms with Gasteiger partial charge < -0.3 is 5.11 Å². The summed E-state index contributed by atoms with van der Waals surface area (Å²) in [6, 6.07) is 6.03. The monoisotopic (exact) mass is 272 g/mol. The zero-order valence-corrected chi connectivity index (χ0v) is 11.7. The molecule has 2 aromatic heterocycles. The molecule has 2 aromatic rings. The molecule has 0 atom stereocenters. The summed E-state index contributed by atoms with van der Waals surface area (Å²) in [5.41, 5.74) is 2.21. The zero-order chi connectivity index (χ0) is 13.5. The van der Waals surface area contributed by atoms with Gasteiger partial charge in [-0.05, 0) is 30.1 Å². The molecule has 0 saturated carbocycles. The van der Waals surface area contributed by atoms with Crippen molar-refractivity contribution >= 4 is 11.3 Å². The van der Waals surface area contributed by atoms with Crippen molar-refractivity contribution in [2.45, 2.75) is 13.1 Å². The maximum Gasteiger partial charge on any atom is 0.104 e. The lowest BCUT2D eigenvalue weighted by Gasteiger charge is -2.15. The van der Waals surface area contributed by atoms with E-state index in [0.717, 1.165) is 18.7 Å². The van der Waals surface area contributed by atoms with E-state index in [1.54, 1.807) is 17.5 Å². The summed E-state index contributed by atoms with van der Waals surface area (Å²) in [7, 11) is 2.08. The van der Waals surface area contributed by atoms with Crippen molar-refractivity contribution in [1.29, 1.82) is 0 Å². The van der Waals surface area contributed by atoms with Crippen molar-refractivity contribution in [1.82, 2.24) is 9.88 Å². The Kier molecular flexibility index (Phi) is 5.10. The van der Waals surface area contributed by atoms with E-state index in [9.17, 15) is 0 Å². The van der Waals surface area contributed by atoms with Gasteiger partial charge in [-0.2, -0.15) is 0 Å². The summed E-state index contributed by atoms with van der Waals surface area (Å²) in [6.07, 6.45) is 3.67. The van der Waals surface area contributed by atoms with Crippen molar-refractivity contribution < 1.29 is 5.11 Å². The average molecular weight is 272 g/mol. The fourth-order valence-electron chi connectivity index (χ4n) is 1.81. The molecule has 0 spiro atoms. The second kappa shape index (κ2) is 7.05. The van der Waals surface area contributed by atoms with Crippen LogP contribution in [-0.2, 0) is 13.1 Å². The Morgan fingerprint density at radius 2 is 2.26 bits per heavy atom. The summed E-state index contributed by atoms with van der Waals surface area (Å²) in [6.45, 7) is 1.61. The zero-order valence-electron chi connectivity index (χ0n) is 10.8. The first kappa shape index (κ1) is 13.8. The van der Waals surface area contributed by atoms with Crippen LogP contribution in [0.3, 0.4) is 0 Å². The van der Waals surface area contributed by atoms with E-state index in [0.29, 0.717) is 0 Å². The maximum absolute atomic E-state index is 8.75. The molecule has 0 saturated heterocycles. The highest BCUT2D eigenvalue weighted by atomic mass is 32.1. The fourth-order valence-corrected chi connectivity index (χ4v) is 2.72. The predicted octanol–water partition coefficient (Wildman–Crippen LogP) is 2.12. The van der Waals surface area contributed by atoms with E-state index in [-0.39, 0.29) is 6.61 Å². The van der Waals surface area contributed by atoms with E-state index >= 15 is 0 Å². The topological polar surface area (TPSA) is 36.4 Å². The number of aliphatic hydroxyl groups is 1. The van der Waals surface area contributed by atoms with Crippen LogP contribution >= 0.6 is 11.3 Å². The highest BCUT2D eigenvalue weighted by Gasteiger charge is 2.06. The van der Waals surface area contributed by atoms with E-state index in [2.05, 4.69) is 34.8 Å². The van der Waals surface area contributed by atoms with Crippen LogP contribution in [0.4, 0.5) is 0 Å². The largest absolute Gasteiger partial charge is 0.384 e. The molecule has 0 radical (unpaired) electrons. The molecule has 2 heterocycles. The number of nitrogens with zero attached hydrogens (tertiary/aromatic N) is 2. The molecule has 0 aromatic carbocycles. The van der Waals surface area contributed by atoms with E-state index in [1.807, 2.05) is 23.7 Å². The molecule has 0 bridgehead atoms. The summed E-state index contributed by atoms with van der Waals surface area (Å²) < 4.78 is 0. The van der Waals surface area contributed by atoms with Crippen molar-refractivity contribution in [2.75, 3.05) is 13.7 Å². The van der Waals surface area contributed by atoms with Crippen molar-refractivity contribution in [3.8, 4) is 11.8 Å². The van der Waals surface area contributed by atoms with Gasteiger partial charge in [0.2, 0.25) is 0 Å². The third-order valence-corrected chi connectivity index (χ3v) is 3.54. The van der Waals surface area contributed by atoms with Gasteiger partial charge in [-0.1, -0.05) is 17.9 Å². The normalized spacial score (nSPS) is 10.3. The lowest BCUT2D eigenvalue weighted by Crippen LogP contribution is -2.17. The molecule has 0 aliphatic carbocycles. The first-order chi connectivity index (χ1) is 9.29. The first-order valence-electron chi connectivity index (χ1n) is 6.03. The minimum atomic E-state index is -0.0964. The van der Waals surface area contributed by atoms with Crippen LogP contribution in [0.25, 0.3) is 0 Å². The number of hydrogen-bond donors (Lipinski definition) is 1. The third kappa shape index (κ3) is 4.18. The molecule has 1 N–H and O–H groups in total. The van der Waals surface area contributed by atoms with Crippen molar-refractivity contribution in [3.63, 3.8) is 0 Å². The van der Waals surface area contributed by atoms with Crippen LogP contribution in [0.1, 0.15) is 16.0 Å². The second-order valence-electron chi connectivity index (χ2n) is 4.25. The number of aliphatic hydroxyl groups excluding tert-OH is 1. The molecule has 4 heteroatoms. The second-order valence-corrected chi connectivity index (χ2v) is 5.25. The van der Waals surface area contributed by atoms with Crippen LogP contribution in [0, 0.1) is 11.8 Å². The van der Waals surface area contributed by atoms with Gasteiger partial charge >= 0.3 is 0 Å². The van der Waals surface area contributed by atoms with Crippen molar-refractivity contribution in [2.24, 2.45) is 0 Å². The van der Waals surface area contributed by atoms with Gasteiger partial charge in [-0.15, -0.1) is 11.3 Å². The molecular weight excluding hydrogens is 256 g/mol. The lowest BCUT2D eigenvalue weighted by molar-refractivity contribution is 0.321. The van der Waals surface area contributed by atoms with Gasteiger partial charge in [0.05, 0.1) is 0 Å². The van der Waals surface area contributed by atoms with E-state index in [4.69, 9.17) is 5.11 Å². The molecule has 19 heavy (non-hydrogen) atoms. The van der Waals surface area contributed by atoms with E-state index < -0.39 is 0 Å². The standard InChI is InChI=1S/C15H16N2OS/c1-17(11-13-4-2-7-16-10-13)12-15-14(5-3-8-18)6-9-19-15/h2,4,6-7,9-10,18H,8,11-12H2,1H3. The molecule has 0 aliphatic rings. The Morgan fingerprint density at radius 3 is 3.00 bits per heavy atom. The smallest absolute Gasteiger partial charge is 0.104 e. The van der Waals surface area contributed by atoms with Gasteiger partial charge in [-0.25, -0.2) is 0 Å². The van der Waals surface area contributed by atoms with Gasteiger partial charge in [0.25, 0.3) is 0 Å². The molecule has 0 amide bonds. The summed E-state index contributed by atoms with van der Waals surface area (Å²) in [4.78, 5) is 7.58. The Hall–Kier alpha value is -1.67. The highest BCUT2D eigenvalue weighted by Crippen LogP contribution is 2.18. The Balaban J connectivity index is 1.99. The fraction of sp³-hybridized carbons (Fsp3) is 0.267. The van der Waals surface area contributed by atoms with E-state index in [1.165, 1.54) is 10.4 Å². The SMILES string of the molecule is CN(Cc1cccnc1)Cc1sccc1C#CCO. The van der Waals surface area contributed by atoms with Crippen LogP contribution in [-0.4, -0.2) is 28.6 Å². The average Bonchev–Trinajstić information content (AvgIpc) is 2.84. The predicted molar refractivity (Wildman–Crippen MR) is 77.7 cm³/mol. The van der Waals surface area contributed by atoms with Crippen molar-refractivity contribution in [3.05, 3.63) is 52.0 Å². The Bertz CT molecular complexity index is 569. The lowest BCUT2D eigenvalue weighted by atomic mass is 10.2. The van der Waals surface area contributed by atoms with Gasteiger partial charge in [0.1, 0.15) is 6.61 Å². The van der Waals surface area contributed by atoms with Gasteiger partial charge in [-0.3, -0.25) is 9.88 Å². The highest BCUT2D eigenvalue weighted by molar-refractivity contribution is 7.10. The minimum absolute atomic E-state index is 0.0964. The van der Waals surface area contributed by atoms with Crippen LogP contribution in [0.2, 0.25) is 0 Å². The summed E-state index contributed by atoms with van der Waals surface area (Å²) >= 11 is 1.70. The van der Waals surface area contributed by atoms with Crippen LogP contribution in [0.5, 0.6) is 0 Å². The number of hydrogen-bond acceptors (Lipinski definition) is 4. The molecule has 0 fully saturated rings. The van der Waals surface area contributed by atoms with Crippen LogP contribution < -0.4 is 0 Å². The molecule has 98 valence electrons. The molecule has 2 rings (SSSR count).